The van der Waals surface area contributed by atoms with E-state index in [9.17, 15) is 0 Å². The fourth-order valence-corrected chi connectivity index (χ4v) is 3.31. The summed E-state index contributed by atoms with van der Waals surface area (Å²) < 4.78 is 0. The van der Waals surface area contributed by atoms with Gasteiger partial charge < -0.3 is 10.6 Å². The first-order valence-corrected chi connectivity index (χ1v) is 9.03. The van der Waals surface area contributed by atoms with E-state index in [4.69, 9.17) is 0 Å². The molecular weight excluding hydrogens is 288 g/mol. The van der Waals surface area contributed by atoms with Gasteiger partial charge >= 0.3 is 0 Å². The summed E-state index contributed by atoms with van der Waals surface area (Å²) in [6.45, 7) is 6.59. The van der Waals surface area contributed by atoms with Crippen molar-refractivity contribution in [2.45, 2.75) is 44.6 Å². The zero-order valence-corrected chi connectivity index (χ0v) is 14.5. The van der Waals surface area contributed by atoms with Crippen molar-refractivity contribution in [2.24, 2.45) is 0 Å². The van der Waals surface area contributed by atoms with Gasteiger partial charge in [0.15, 0.2) is 0 Å². The normalized spacial score (nSPS) is 10.7. The maximum Gasteiger partial charge on any atom is 0.0481 e. The zero-order valence-electron chi connectivity index (χ0n) is 13.7. The molecule has 0 bridgehead atoms. The lowest BCUT2D eigenvalue weighted by Crippen LogP contribution is -2.10. The molecule has 0 radical (unpaired) electrons. The van der Waals surface area contributed by atoms with Crippen LogP contribution in [-0.2, 0) is 0 Å². The minimum absolute atomic E-state index is 0.443. The number of benzene rings is 2. The summed E-state index contributed by atoms with van der Waals surface area (Å²) in [5, 5.41) is 7.02. The highest BCUT2D eigenvalue weighted by molar-refractivity contribution is 7.99. The van der Waals surface area contributed by atoms with Crippen molar-refractivity contribution in [1.29, 1.82) is 0 Å². The minimum Gasteiger partial charge on any atom is -0.382 e. The van der Waals surface area contributed by atoms with Crippen LogP contribution in [-0.4, -0.2) is 11.8 Å². The van der Waals surface area contributed by atoms with Crippen molar-refractivity contribution in [2.75, 3.05) is 16.4 Å². The number of hydrogen-bond donors (Lipinski definition) is 2. The summed E-state index contributed by atoms with van der Waals surface area (Å²) in [4.78, 5) is 1.32. The standard InChI is InChI=1S/C19H26N2S/c1-4-5-13-22-19-14-17(11-12-18(19)20-15(2)3)21-16-9-7-6-8-10-16/h6-12,14-15,20-21H,4-5,13H2,1-3H3. The fraction of sp³-hybridized carbons (Fsp3) is 0.368. The average molecular weight is 314 g/mol. The second kappa shape index (κ2) is 8.74. The van der Waals surface area contributed by atoms with Crippen LogP contribution in [0.4, 0.5) is 17.1 Å². The van der Waals surface area contributed by atoms with Gasteiger partial charge in [0, 0.05) is 28.0 Å². The van der Waals surface area contributed by atoms with Gasteiger partial charge in [0.2, 0.25) is 0 Å². The molecule has 22 heavy (non-hydrogen) atoms. The van der Waals surface area contributed by atoms with E-state index >= 15 is 0 Å². The molecule has 3 heteroatoms. The second-order valence-electron chi connectivity index (χ2n) is 5.70. The predicted octanol–water partition coefficient (Wildman–Crippen LogP) is 6.14. The van der Waals surface area contributed by atoms with Crippen molar-refractivity contribution >= 4 is 28.8 Å². The molecule has 0 aromatic heterocycles. The van der Waals surface area contributed by atoms with Crippen molar-refractivity contribution in [3.63, 3.8) is 0 Å². The molecule has 0 saturated heterocycles. The van der Waals surface area contributed by atoms with Crippen LogP contribution in [0.5, 0.6) is 0 Å². The first-order valence-electron chi connectivity index (χ1n) is 8.04. The molecule has 2 N–H and O–H groups in total. The quantitative estimate of drug-likeness (QED) is 0.452. The third-order valence-electron chi connectivity index (χ3n) is 3.24. The van der Waals surface area contributed by atoms with Crippen LogP contribution in [0.1, 0.15) is 33.6 Å². The number of unbranched alkanes of at least 4 members (excludes halogenated alkanes) is 1. The van der Waals surface area contributed by atoms with E-state index in [2.05, 4.69) is 61.7 Å². The molecular formula is C19H26N2S. The summed E-state index contributed by atoms with van der Waals surface area (Å²) >= 11 is 1.94. The lowest BCUT2D eigenvalue weighted by molar-refractivity contribution is 0.889. The van der Waals surface area contributed by atoms with Crippen LogP contribution in [0, 0.1) is 0 Å². The molecule has 0 aliphatic carbocycles. The molecule has 0 amide bonds. The van der Waals surface area contributed by atoms with Crippen molar-refractivity contribution in [3.05, 3.63) is 48.5 Å². The topological polar surface area (TPSA) is 24.1 Å². The van der Waals surface area contributed by atoms with Gasteiger partial charge in [-0.25, -0.2) is 0 Å². The molecule has 0 spiro atoms. The molecule has 2 rings (SSSR count). The molecule has 0 aliphatic heterocycles. The summed E-state index contributed by atoms with van der Waals surface area (Å²) in [6.07, 6.45) is 2.49. The predicted molar refractivity (Wildman–Crippen MR) is 101 cm³/mol. The Labute approximate surface area is 138 Å². The van der Waals surface area contributed by atoms with Crippen molar-refractivity contribution in [1.82, 2.24) is 0 Å². The fourth-order valence-electron chi connectivity index (χ4n) is 2.16. The van der Waals surface area contributed by atoms with Gasteiger partial charge in [-0.05, 0) is 56.4 Å². The van der Waals surface area contributed by atoms with Gasteiger partial charge in [-0.2, -0.15) is 0 Å². The Morgan fingerprint density at radius 3 is 2.45 bits per heavy atom. The molecule has 0 unspecified atom stereocenters. The molecule has 2 nitrogen and oxygen atoms in total. The van der Waals surface area contributed by atoms with Crippen molar-refractivity contribution in [3.8, 4) is 0 Å². The summed E-state index contributed by atoms with van der Waals surface area (Å²) in [6, 6.07) is 17.3. The van der Waals surface area contributed by atoms with Gasteiger partial charge in [0.1, 0.15) is 0 Å². The molecule has 0 atom stereocenters. The summed E-state index contributed by atoms with van der Waals surface area (Å²) in [5.74, 6) is 1.16. The number of rotatable bonds is 8. The SMILES string of the molecule is CCCCSc1cc(Nc2ccccc2)ccc1NC(C)C. The highest BCUT2D eigenvalue weighted by Crippen LogP contribution is 2.32. The monoisotopic (exact) mass is 314 g/mol. The van der Waals surface area contributed by atoms with E-state index in [0.29, 0.717) is 6.04 Å². The zero-order chi connectivity index (χ0) is 15.8. The summed E-state index contributed by atoms with van der Waals surface area (Å²) in [7, 11) is 0. The molecule has 0 saturated carbocycles. The number of thioether (sulfide) groups is 1. The first-order chi connectivity index (χ1) is 10.7. The highest BCUT2D eigenvalue weighted by atomic mass is 32.2. The molecule has 0 aliphatic rings. The Morgan fingerprint density at radius 1 is 1.00 bits per heavy atom. The Bertz CT molecular complexity index is 567. The molecule has 118 valence electrons. The van der Waals surface area contributed by atoms with Gasteiger partial charge in [-0.15, -0.1) is 11.8 Å². The van der Waals surface area contributed by atoms with Gasteiger partial charge in [-0.3, -0.25) is 0 Å². The van der Waals surface area contributed by atoms with E-state index in [1.54, 1.807) is 0 Å². The Morgan fingerprint density at radius 2 is 1.77 bits per heavy atom. The van der Waals surface area contributed by atoms with Crippen LogP contribution in [0.3, 0.4) is 0 Å². The largest absolute Gasteiger partial charge is 0.382 e. The third kappa shape index (κ3) is 5.30. The van der Waals surface area contributed by atoms with Crippen LogP contribution >= 0.6 is 11.8 Å². The number of nitrogens with one attached hydrogen (secondary N) is 2. The van der Waals surface area contributed by atoms with E-state index in [1.807, 2.05) is 30.0 Å². The Hall–Kier alpha value is -1.61. The number of para-hydroxylation sites is 1. The van der Waals surface area contributed by atoms with Crippen LogP contribution < -0.4 is 10.6 Å². The lowest BCUT2D eigenvalue weighted by atomic mass is 10.2. The highest BCUT2D eigenvalue weighted by Gasteiger charge is 2.06. The number of hydrogen-bond acceptors (Lipinski definition) is 3. The summed E-state index contributed by atoms with van der Waals surface area (Å²) in [5.41, 5.74) is 3.49. The maximum atomic E-state index is 3.54. The van der Waals surface area contributed by atoms with Gasteiger partial charge in [0.25, 0.3) is 0 Å². The number of anilines is 3. The minimum atomic E-state index is 0.443. The molecule has 0 fully saturated rings. The van der Waals surface area contributed by atoms with E-state index in [0.717, 1.165) is 17.1 Å². The Kier molecular flexibility index (Phi) is 6.66. The van der Waals surface area contributed by atoms with Crippen LogP contribution in [0.25, 0.3) is 0 Å². The molecule has 0 heterocycles. The van der Waals surface area contributed by atoms with Crippen LogP contribution in [0.2, 0.25) is 0 Å². The smallest absolute Gasteiger partial charge is 0.0481 e. The van der Waals surface area contributed by atoms with Gasteiger partial charge in [-0.1, -0.05) is 31.5 Å². The van der Waals surface area contributed by atoms with Crippen LogP contribution in [0.15, 0.2) is 53.4 Å². The third-order valence-corrected chi connectivity index (χ3v) is 4.39. The van der Waals surface area contributed by atoms with E-state index in [1.165, 1.54) is 23.4 Å². The van der Waals surface area contributed by atoms with E-state index in [-0.39, 0.29) is 0 Å². The first kappa shape index (κ1) is 16.8. The van der Waals surface area contributed by atoms with Crippen molar-refractivity contribution < 1.29 is 0 Å². The molecule has 2 aromatic rings. The van der Waals surface area contributed by atoms with E-state index < -0.39 is 0 Å². The average Bonchev–Trinajstić information content (AvgIpc) is 2.50. The maximum absolute atomic E-state index is 3.54. The Balaban J connectivity index is 2.15. The molecule has 2 aromatic carbocycles. The lowest BCUT2D eigenvalue weighted by Gasteiger charge is -2.16. The van der Waals surface area contributed by atoms with Gasteiger partial charge in [0.05, 0.1) is 0 Å². The second-order valence-corrected chi connectivity index (χ2v) is 6.84.